The van der Waals surface area contributed by atoms with E-state index in [0.717, 1.165) is 36.4 Å². The Bertz CT molecular complexity index is 1080. The highest BCUT2D eigenvalue weighted by Gasteiger charge is 2.57. The molecule has 9 heteroatoms. The minimum atomic E-state index is -1.19. The van der Waals surface area contributed by atoms with E-state index >= 15 is 0 Å². The fourth-order valence-electron chi connectivity index (χ4n) is 4.12. The molecular weight excluding hydrogens is 441 g/mol. The Morgan fingerprint density at radius 3 is 2.72 bits per heavy atom. The number of methoxy groups -OCH3 is 1. The Kier molecular flexibility index (Phi) is 6.22. The minimum absolute atomic E-state index is 0.0607. The highest BCUT2D eigenvalue weighted by molar-refractivity contribution is 8.15. The quantitative estimate of drug-likeness (QED) is 0.622. The molecule has 0 N–H and O–H groups in total. The van der Waals surface area contributed by atoms with Crippen molar-refractivity contribution in [3.63, 3.8) is 0 Å². The Labute approximate surface area is 188 Å². The molecule has 2 heterocycles. The van der Waals surface area contributed by atoms with Crippen LogP contribution >= 0.6 is 11.8 Å². The molecule has 4 rings (SSSR count). The summed E-state index contributed by atoms with van der Waals surface area (Å²) in [7, 11) is 1.40. The van der Waals surface area contributed by atoms with Crippen LogP contribution < -0.4 is 4.74 Å². The lowest BCUT2D eigenvalue weighted by molar-refractivity contribution is -0.147. The van der Waals surface area contributed by atoms with Crippen LogP contribution in [0.15, 0.2) is 41.5 Å². The van der Waals surface area contributed by atoms with Gasteiger partial charge in [0, 0.05) is 24.2 Å². The number of carbonyl (C=O) groups is 1. The van der Waals surface area contributed by atoms with Crippen LogP contribution in [0.3, 0.4) is 0 Å². The van der Waals surface area contributed by atoms with Gasteiger partial charge in [-0.25, -0.2) is 18.2 Å². The second kappa shape index (κ2) is 8.78. The zero-order valence-corrected chi connectivity index (χ0v) is 18.7. The highest BCUT2D eigenvalue weighted by atomic mass is 32.2. The normalized spacial score (nSPS) is 23.0. The molecule has 2 aromatic rings. The Balaban J connectivity index is 1.94. The zero-order valence-electron chi connectivity index (χ0n) is 17.9. The van der Waals surface area contributed by atoms with Crippen molar-refractivity contribution in [1.82, 2.24) is 5.01 Å². The van der Waals surface area contributed by atoms with E-state index in [1.807, 2.05) is 6.92 Å². The van der Waals surface area contributed by atoms with Crippen LogP contribution in [-0.2, 0) is 14.4 Å². The number of hydrogen-bond donors (Lipinski definition) is 0. The number of nitrogens with zero attached hydrogens (tertiary/aromatic N) is 2. The van der Waals surface area contributed by atoms with Gasteiger partial charge in [0.1, 0.15) is 34.3 Å². The fraction of sp³-hybridized carbons (Fsp3) is 0.391. The molecule has 0 aromatic heterocycles. The predicted molar refractivity (Wildman–Crippen MR) is 116 cm³/mol. The summed E-state index contributed by atoms with van der Waals surface area (Å²) in [6.45, 7) is 3.84. The van der Waals surface area contributed by atoms with Gasteiger partial charge in [-0.1, -0.05) is 25.1 Å². The molecule has 0 aliphatic carbocycles. The summed E-state index contributed by atoms with van der Waals surface area (Å²) in [5, 5.41) is 5.86. The first-order valence-electron chi connectivity index (χ1n) is 10.3. The molecule has 0 unspecified atom stereocenters. The van der Waals surface area contributed by atoms with E-state index in [4.69, 9.17) is 9.47 Å². The van der Waals surface area contributed by atoms with Gasteiger partial charge in [0.25, 0.3) is 5.91 Å². The molecule has 1 amide bonds. The molecule has 0 saturated heterocycles. The van der Waals surface area contributed by atoms with Gasteiger partial charge in [-0.2, -0.15) is 5.10 Å². The van der Waals surface area contributed by atoms with Gasteiger partial charge >= 0.3 is 0 Å². The molecule has 0 bridgehead atoms. The number of rotatable bonds is 5. The number of hydrazone groups is 1. The summed E-state index contributed by atoms with van der Waals surface area (Å²) in [6, 6.07) is 7.20. The monoisotopic (exact) mass is 464 g/mol. The molecule has 3 atom stereocenters. The Morgan fingerprint density at radius 1 is 1.28 bits per heavy atom. The molecule has 2 aliphatic rings. The van der Waals surface area contributed by atoms with Crippen molar-refractivity contribution in [1.29, 1.82) is 0 Å². The molecule has 0 radical (unpaired) electrons. The highest BCUT2D eigenvalue weighted by Crippen LogP contribution is 2.58. The number of amides is 1. The average Bonchev–Trinajstić information content (AvgIpc) is 3.17. The van der Waals surface area contributed by atoms with E-state index in [0.29, 0.717) is 17.7 Å². The van der Waals surface area contributed by atoms with Crippen molar-refractivity contribution in [3.8, 4) is 5.75 Å². The SMILES string of the molecule is CCC[C@@H]1COc2ccc(F)cc2[C@]12SC(c1cc(F)ccc1F)=NN2C(=O)[C@H](C)OC. The van der Waals surface area contributed by atoms with Crippen LogP contribution in [0.4, 0.5) is 13.2 Å². The van der Waals surface area contributed by atoms with E-state index < -0.39 is 34.3 Å². The van der Waals surface area contributed by atoms with Crippen molar-refractivity contribution in [2.24, 2.45) is 11.0 Å². The third kappa shape index (κ3) is 3.67. The van der Waals surface area contributed by atoms with Crippen molar-refractivity contribution in [2.75, 3.05) is 13.7 Å². The number of ether oxygens (including phenoxy) is 2. The van der Waals surface area contributed by atoms with Crippen molar-refractivity contribution in [2.45, 2.75) is 37.7 Å². The first-order chi connectivity index (χ1) is 15.3. The van der Waals surface area contributed by atoms with Crippen LogP contribution in [0.2, 0.25) is 0 Å². The van der Waals surface area contributed by atoms with Gasteiger partial charge in [-0.3, -0.25) is 4.79 Å². The summed E-state index contributed by atoms with van der Waals surface area (Å²) < 4.78 is 54.2. The third-order valence-corrected chi connectivity index (χ3v) is 7.32. The first-order valence-corrected chi connectivity index (χ1v) is 11.2. The van der Waals surface area contributed by atoms with Crippen molar-refractivity contribution >= 4 is 22.7 Å². The van der Waals surface area contributed by atoms with Gasteiger partial charge in [0.15, 0.2) is 4.87 Å². The summed E-state index contributed by atoms with van der Waals surface area (Å²) in [5.41, 5.74) is 0.369. The number of fused-ring (bicyclic) bond motifs is 2. The molecular formula is C23H23F3N2O3S. The lowest BCUT2D eigenvalue weighted by Crippen LogP contribution is -2.53. The Morgan fingerprint density at radius 2 is 2.00 bits per heavy atom. The fourth-order valence-corrected chi connectivity index (χ4v) is 5.64. The molecule has 0 saturated carbocycles. The van der Waals surface area contributed by atoms with E-state index in [-0.39, 0.29) is 23.1 Å². The van der Waals surface area contributed by atoms with E-state index in [2.05, 4.69) is 5.10 Å². The third-order valence-electron chi connectivity index (χ3n) is 5.78. The molecule has 2 aromatic carbocycles. The number of thioether (sulfide) groups is 1. The van der Waals surface area contributed by atoms with E-state index in [1.54, 1.807) is 6.92 Å². The standard InChI is InChI=1S/C23H23F3N2O3S/c1-4-5-14-12-31-20-9-7-16(25)11-18(20)23(14)28(22(29)13(2)30-3)27-21(32-23)17-10-15(24)6-8-19(17)26/h6-11,13-14H,4-5,12H2,1-3H3/t13-,14+,23+/m0/s1. The van der Waals surface area contributed by atoms with Crippen LogP contribution in [0.25, 0.3) is 0 Å². The maximum absolute atomic E-state index is 14.7. The van der Waals surface area contributed by atoms with E-state index in [1.165, 1.54) is 30.3 Å². The maximum Gasteiger partial charge on any atom is 0.273 e. The number of benzene rings is 2. The summed E-state index contributed by atoms with van der Waals surface area (Å²) in [4.78, 5) is 12.2. The molecule has 1 spiro atoms. The second-order valence-electron chi connectivity index (χ2n) is 7.79. The second-order valence-corrected chi connectivity index (χ2v) is 9.01. The number of hydrogen-bond acceptors (Lipinski definition) is 5. The summed E-state index contributed by atoms with van der Waals surface area (Å²) in [6.07, 6.45) is 0.560. The zero-order chi connectivity index (χ0) is 23.0. The number of halogens is 3. The average molecular weight is 465 g/mol. The Hall–Kier alpha value is -2.52. The van der Waals surface area contributed by atoms with Gasteiger partial charge in [0.05, 0.1) is 6.61 Å². The molecule has 170 valence electrons. The topological polar surface area (TPSA) is 51.1 Å². The molecule has 0 fully saturated rings. The van der Waals surface area contributed by atoms with Crippen molar-refractivity contribution in [3.05, 3.63) is 65.0 Å². The van der Waals surface area contributed by atoms with Gasteiger partial charge in [-0.15, -0.1) is 0 Å². The molecule has 2 aliphatic heterocycles. The molecule has 32 heavy (non-hydrogen) atoms. The lowest BCUT2D eigenvalue weighted by Gasteiger charge is -2.45. The van der Waals surface area contributed by atoms with E-state index in [9.17, 15) is 18.0 Å². The minimum Gasteiger partial charge on any atom is -0.493 e. The predicted octanol–water partition coefficient (Wildman–Crippen LogP) is 5.04. The maximum atomic E-state index is 14.7. The van der Waals surface area contributed by atoms with Crippen LogP contribution in [0, 0.1) is 23.4 Å². The number of carbonyl (C=O) groups excluding carboxylic acids is 1. The van der Waals surface area contributed by atoms with Crippen LogP contribution in [-0.4, -0.2) is 35.8 Å². The largest absolute Gasteiger partial charge is 0.493 e. The smallest absolute Gasteiger partial charge is 0.273 e. The van der Waals surface area contributed by atoms with Crippen molar-refractivity contribution < 1.29 is 27.4 Å². The first kappa shape index (κ1) is 22.7. The summed E-state index contributed by atoms with van der Waals surface area (Å²) in [5.74, 6) is -2.12. The van der Waals surface area contributed by atoms with Gasteiger partial charge in [0.2, 0.25) is 0 Å². The molecule has 5 nitrogen and oxygen atoms in total. The van der Waals surface area contributed by atoms with Gasteiger partial charge < -0.3 is 9.47 Å². The van der Waals surface area contributed by atoms with Crippen LogP contribution in [0.1, 0.15) is 37.8 Å². The van der Waals surface area contributed by atoms with Gasteiger partial charge in [-0.05, 0) is 49.7 Å². The lowest BCUT2D eigenvalue weighted by atomic mass is 9.85. The van der Waals surface area contributed by atoms with Crippen LogP contribution in [0.5, 0.6) is 5.75 Å². The summed E-state index contributed by atoms with van der Waals surface area (Å²) >= 11 is 1.12.